The molecule has 5 rings (SSSR count). The van der Waals surface area contributed by atoms with Gasteiger partial charge in [-0.05, 0) is 35.9 Å². The van der Waals surface area contributed by atoms with E-state index < -0.39 is 0 Å². The molecule has 1 aromatic carbocycles. The molecule has 3 N–H and O–H groups in total. The molecule has 0 fully saturated rings. The number of hydrogen-bond donors (Lipinski definition) is 3. The lowest BCUT2D eigenvalue weighted by Crippen LogP contribution is -2.21. The van der Waals surface area contributed by atoms with E-state index in [1.54, 1.807) is 24.7 Å². The maximum atomic E-state index is 11.6. The van der Waals surface area contributed by atoms with Crippen molar-refractivity contribution in [1.82, 2.24) is 30.5 Å². The van der Waals surface area contributed by atoms with Crippen molar-refractivity contribution in [2.75, 3.05) is 0 Å². The van der Waals surface area contributed by atoms with E-state index in [1.807, 2.05) is 37.3 Å². The van der Waals surface area contributed by atoms with Crippen molar-refractivity contribution in [3.63, 3.8) is 0 Å². The summed E-state index contributed by atoms with van der Waals surface area (Å²) in [5.41, 5.74) is 6.41. The van der Waals surface area contributed by atoms with Crippen molar-refractivity contribution >= 4 is 27.8 Å². The minimum atomic E-state index is -0.000538. The van der Waals surface area contributed by atoms with Gasteiger partial charge in [-0.1, -0.05) is 13.0 Å². The van der Waals surface area contributed by atoms with Gasteiger partial charge >= 0.3 is 0 Å². The van der Waals surface area contributed by atoms with Crippen molar-refractivity contribution in [1.29, 1.82) is 5.26 Å². The summed E-state index contributed by atoms with van der Waals surface area (Å²) in [4.78, 5) is 23.8. The molecule has 4 heterocycles. The number of pyridine rings is 2. The van der Waals surface area contributed by atoms with Crippen LogP contribution in [0.5, 0.6) is 0 Å². The molecular formula is C24H19N7O. The number of nitrogens with one attached hydrogen (secondary N) is 3. The molecule has 4 aromatic heterocycles. The van der Waals surface area contributed by atoms with E-state index >= 15 is 0 Å². The fourth-order valence-electron chi connectivity index (χ4n) is 3.71. The van der Waals surface area contributed by atoms with E-state index in [-0.39, 0.29) is 5.91 Å². The van der Waals surface area contributed by atoms with Crippen LogP contribution < -0.4 is 5.32 Å². The van der Waals surface area contributed by atoms with Crippen LogP contribution in [0.4, 0.5) is 0 Å². The van der Waals surface area contributed by atoms with Crippen LogP contribution in [0.25, 0.3) is 44.5 Å². The largest absolute Gasteiger partial charge is 0.353 e. The molecule has 0 saturated carbocycles. The number of benzene rings is 1. The van der Waals surface area contributed by atoms with Gasteiger partial charge in [0.05, 0.1) is 17.3 Å². The first-order valence-corrected chi connectivity index (χ1v) is 10.2. The normalized spacial score (nSPS) is 11.0. The number of H-pyrrole nitrogens is 2. The first-order chi connectivity index (χ1) is 15.7. The molecule has 0 spiro atoms. The Balaban J connectivity index is 1.54. The zero-order valence-electron chi connectivity index (χ0n) is 17.3. The molecule has 156 valence electrons. The maximum Gasteiger partial charge on any atom is 0.219 e. The lowest BCUT2D eigenvalue weighted by atomic mass is 10.1. The smallest absolute Gasteiger partial charge is 0.219 e. The monoisotopic (exact) mass is 421 g/mol. The standard InChI is InChI=1S/C24H19N7O/c1-2-22(32)27-11-14-6-16(12-26-10-14)17-7-19-23(30-31-24(19)28-13-17)21-8-18-15(9-25)4-3-5-20(18)29-21/h3-8,10,12-13,29H,2,11H2,1H3,(H,27,32)(H,28,30,31). The Bertz CT molecular complexity index is 1510. The lowest BCUT2D eigenvalue weighted by molar-refractivity contribution is -0.120. The molecule has 0 aliphatic heterocycles. The second kappa shape index (κ2) is 7.96. The highest BCUT2D eigenvalue weighted by Gasteiger charge is 2.14. The molecule has 32 heavy (non-hydrogen) atoms. The highest BCUT2D eigenvalue weighted by molar-refractivity contribution is 5.97. The molecule has 0 aliphatic rings. The second-order valence-corrected chi connectivity index (χ2v) is 7.47. The summed E-state index contributed by atoms with van der Waals surface area (Å²) in [5, 5.41) is 21.4. The van der Waals surface area contributed by atoms with Crippen LogP contribution in [-0.4, -0.2) is 31.1 Å². The van der Waals surface area contributed by atoms with Crippen molar-refractivity contribution in [3.8, 4) is 28.6 Å². The zero-order chi connectivity index (χ0) is 22.1. The molecule has 0 atom stereocenters. The van der Waals surface area contributed by atoms with E-state index in [0.717, 1.165) is 44.4 Å². The average molecular weight is 421 g/mol. The first kappa shape index (κ1) is 19.5. The van der Waals surface area contributed by atoms with Gasteiger partial charge in [0, 0.05) is 59.0 Å². The molecule has 0 bridgehead atoms. The molecule has 8 heteroatoms. The molecule has 0 saturated heterocycles. The molecule has 1 amide bonds. The Kier molecular flexibility index (Phi) is 4.84. The fraction of sp³-hybridized carbons (Fsp3) is 0.125. The number of hydrogen-bond acceptors (Lipinski definition) is 5. The van der Waals surface area contributed by atoms with E-state index in [0.29, 0.717) is 24.2 Å². The van der Waals surface area contributed by atoms with Crippen LogP contribution >= 0.6 is 0 Å². The Morgan fingerprint density at radius 2 is 2.00 bits per heavy atom. The van der Waals surface area contributed by atoms with Crippen LogP contribution in [0.2, 0.25) is 0 Å². The van der Waals surface area contributed by atoms with E-state index in [2.05, 4.69) is 36.5 Å². The molecular weight excluding hydrogens is 402 g/mol. The number of rotatable bonds is 5. The summed E-state index contributed by atoms with van der Waals surface area (Å²) >= 11 is 0. The highest BCUT2D eigenvalue weighted by atomic mass is 16.1. The zero-order valence-corrected chi connectivity index (χ0v) is 17.3. The maximum absolute atomic E-state index is 11.6. The number of aromatic amines is 2. The summed E-state index contributed by atoms with van der Waals surface area (Å²) in [6.45, 7) is 2.25. The first-order valence-electron chi connectivity index (χ1n) is 10.2. The summed E-state index contributed by atoms with van der Waals surface area (Å²) in [7, 11) is 0. The third-order valence-electron chi connectivity index (χ3n) is 5.40. The van der Waals surface area contributed by atoms with Gasteiger partial charge in [-0.25, -0.2) is 4.98 Å². The Labute approximate surface area is 183 Å². The molecule has 5 aromatic rings. The molecule has 0 aliphatic carbocycles. The SMILES string of the molecule is CCC(=O)NCc1cncc(-c2cnc3[nH]nc(-c4cc5c(C#N)cccc5[nH]4)c3c2)c1. The van der Waals surface area contributed by atoms with Gasteiger partial charge in [-0.2, -0.15) is 10.4 Å². The summed E-state index contributed by atoms with van der Waals surface area (Å²) in [6.07, 6.45) is 5.73. The average Bonchev–Trinajstić information content (AvgIpc) is 3.46. The summed E-state index contributed by atoms with van der Waals surface area (Å²) in [5.74, 6) is -0.000538. The van der Waals surface area contributed by atoms with E-state index in [4.69, 9.17) is 0 Å². The predicted octanol–water partition coefficient (Wildman–Crippen LogP) is 4.07. The number of amides is 1. The van der Waals surface area contributed by atoms with Crippen molar-refractivity contribution in [2.24, 2.45) is 0 Å². The van der Waals surface area contributed by atoms with E-state index in [9.17, 15) is 10.1 Å². The Morgan fingerprint density at radius 3 is 2.84 bits per heavy atom. The topological polar surface area (TPSA) is 123 Å². The van der Waals surface area contributed by atoms with Gasteiger partial charge in [0.15, 0.2) is 5.65 Å². The van der Waals surface area contributed by atoms with Gasteiger partial charge in [0.2, 0.25) is 5.91 Å². The van der Waals surface area contributed by atoms with Crippen molar-refractivity contribution in [2.45, 2.75) is 19.9 Å². The van der Waals surface area contributed by atoms with Crippen LogP contribution in [0.1, 0.15) is 24.5 Å². The number of carbonyl (C=O) groups is 1. The van der Waals surface area contributed by atoms with Gasteiger partial charge < -0.3 is 10.3 Å². The molecule has 0 unspecified atom stereocenters. The number of fused-ring (bicyclic) bond motifs is 2. The predicted molar refractivity (Wildman–Crippen MR) is 121 cm³/mol. The number of aromatic nitrogens is 5. The summed E-state index contributed by atoms with van der Waals surface area (Å²) in [6, 6.07) is 13.8. The number of nitriles is 1. The highest BCUT2D eigenvalue weighted by Crippen LogP contribution is 2.31. The quantitative estimate of drug-likeness (QED) is 0.395. The van der Waals surface area contributed by atoms with Crippen molar-refractivity contribution in [3.05, 3.63) is 66.1 Å². The van der Waals surface area contributed by atoms with Crippen LogP contribution in [0, 0.1) is 11.3 Å². The minimum absolute atomic E-state index is 0.000538. The third kappa shape index (κ3) is 3.46. The van der Waals surface area contributed by atoms with Crippen LogP contribution in [0.15, 0.2) is 55.0 Å². The number of carbonyl (C=O) groups excluding carboxylic acids is 1. The van der Waals surface area contributed by atoms with Crippen molar-refractivity contribution < 1.29 is 4.79 Å². The van der Waals surface area contributed by atoms with Gasteiger partial charge in [-0.15, -0.1) is 0 Å². The Hall–Kier alpha value is -4.51. The third-order valence-corrected chi connectivity index (χ3v) is 5.40. The van der Waals surface area contributed by atoms with Gasteiger partial charge in [-0.3, -0.25) is 14.9 Å². The minimum Gasteiger partial charge on any atom is -0.353 e. The van der Waals surface area contributed by atoms with Crippen LogP contribution in [-0.2, 0) is 11.3 Å². The van der Waals surface area contributed by atoms with Gasteiger partial charge in [0.1, 0.15) is 5.69 Å². The fourth-order valence-corrected chi connectivity index (χ4v) is 3.71. The number of nitrogens with zero attached hydrogens (tertiary/aromatic N) is 4. The van der Waals surface area contributed by atoms with Crippen LogP contribution in [0.3, 0.4) is 0 Å². The molecule has 8 nitrogen and oxygen atoms in total. The summed E-state index contributed by atoms with van der Waals surface area (Å²) < 4.78 is 0. The Morgan fingerprint density at radius 1 is 1.12 bits per heavy atom. The van der Waals surface area contributed by atoms with Gasteiger partial charge in [0.25, 0.3) is 0 Å². The lowest BCUT2D eigenvalue weighted by Gasteiger charge is -2.06. The second-order valence-electron chi connectivity index (χ2n) is 7.47. The van der Waals surface area contributed by atoms with E-state index in [1.165, 1.54) is 0 Å². The molecule has 0 radical (unpaired) electrons.